The molecule has 1 rings (SSSR count). The van der Waals surface area contributed by atoms with Crippen LogP contribution in [0.2, 0.25) is 0 Å². The van der Waals surface area contributed by atoms with Crippen molar-refractivity contribution in [1.29, 1.82) is 0 Å². The van der Waals surface area contributed by atoms with Crippen LogP contribution in [-0.2, 0) is 9.30 Å². The minimum Gasteiger partial charge on any atom is -0.465 e. The van der Waals surface area contributed by atoms with E-state index in [1.165, 1.54) is 7.11 Å². The Balaban J connectivity index is 3.23. The van der Waals surface area contributed by atoms with E-state index < -0.39 is 5.97 Å². The molecule has 0 fully saturated rings. The number of ether oxygens (including phenoxy) is 1. The van der Waals surface area contributed by atoms with E-state index in [9.17, 15) is 9.36 Å². The SMILES string of the molecule is COC(=O)c1cccc(P=O)c1C. The van der Waals surface area contributed by atoms with Gasteiger partial charge in [-0.1, -0.05) is 6.07 Å². The third kappa shape index (κ3) is 1.93. The van der Waals surface area contributed by atoms with Crippen LogP contribution in [-0.4, -0.2) is 13.1 Å². The smallest absolute Gasteiger partial charge is 0.338 e. The average molecular weight is 196 g/mol. The number of hydrogen-bond donors (Lipinski definition) is 0. The Labute approximate surface area is 77.9 Å². The van der Waals surface area contributed by atoms with Crippen LogP contribution < -0.4 is 5.30 Å². The molecule has 0 heterocycles. The van der Waals surface area contributed by atoms with Crippen molar-refractivity contribution in [3.63, 3.8) is 0 Å². The number of carbonyl (C=O) groups excluding carboxylic acids is 1. The van der Waals surface area contributed by atoms with Gasteiger partial charge in [-0.3, -0.25) is 4.57 Å². The highest BCUT2D eigenvalue weighted by Crippen LogP contribution is 2.10. The minimum atomic E-state index is -0.400. The number of carbonyl (C=O) groups is 1. The number of esters is 1. The van der Waals surface area contributed by atoms with Gasteiger partial charge < -0.3 is 4.74 Å². The van der Waals surface area contributed by atoms with Crippen molar-refractivity contribution in [2.45, 2.75) is 6.92 Å². The third-order valence-electron chi connectivity index (χ3n) is 1.81. The van der Waals surface area contributed by atoms with Crippen molar-refractivity contribution in [3.8, 4) is 0 Å². The van der Waals surface area contributed by atoms with Gasteiger partial charge in [-0.05, 0) is 24.6 Å². The normalized spacial score (nSPS) is 10.0. The van der Waals surface area contributed by atoms with Crippen LogP contribution in [0.15, 0.2) is 18.2 Å². The first-order chi connectivity index (χ1) is 6.20. The summed E-state index contributed by atoms with van der Waals surface area (Å²) in [5.74, 6) is -0.400. The first kappa shape index (κ1) is 9.87. The first-order valence-electron chi connectivity index (χ1n) is 3.72. The predicted octanol–water partition coefficient (Wildman–Crippen LogP) is 1.70. The summed E-state index contributed by atoms with van der Waals surface area (Å²) in [6.07, 6.45) is 0. The van der Waals surface area contributed by atoms with E-state index in [-0.39, 0.29) is 8.46 Å². The maximum absolute atomic E-state index is 11.2. The second kappa shape index (κ2) is 4.15. The van der Waals surface area contributed by atoms with Crippen molar-refractivity contribution in [1.82, 2.24) is 0 Å². The van der Waals surface area contributed by atoms with E-state index in [2.05, 4.69) is 4.74 Å². The zero-order chi connectivity index (χ0) is 9.84. The molecule has 0 aromatic heterocycles. The van der Waals surface area contributed by atoms with E-state index in [1.807, 2.05) is 0 Å². The Kier molecular flexibility index (Phi) is 3.15. The highest BCUT2D eigenvalue weighted by molar-refractivity contribution is 7.34. The van der Waals surface area contributed by atoms with Gasteiger partial charge in [0.1, 0.15) is 0 Å². The molecule has 0 unspecified atom stereocenters. The van der Waals surface area contributed by atoms with Crippen molar-refractivity contribution < 1.29 is 14.1 Å². The maximum atomic E-state index is 11.2. The van der Waals surface area contributed by atoms with E-state index in [4.69, 9.17) is 0 Å². The molecule has 0 N–H and O–H groups in total. The van der Waals surface area contributed by atoms with Crippen molar-refractivity contribution in [3.05, 3.63) is 29.3 Å². The molecule has 4 heteroatoms. The Morgan fingerprint density at radius 3 is 2.69 bits per heavy atom. The average Bonchev–Trinajstić information content (AvgIpc) is 2.17. The molecule has 68 valence electrons. The largest absolute Gasteiger partial charge is 0.465 e. The monoisotopic (exact) mass is 196 g/mol. The molecule has 1 aromatic rings. The van der Waals surface area contributed by atoms with Gasteiger partial charge in [0.15, 0.2) is 8.46 Å². The van der Waals surface area contributed by atoms with Gasteiger partial charge in [-0.15, -0.1) is 0 Å². The molecule has 3 nitrogen and oxygen atoms in total. The van der Waals surface area contributed by atoms with Gasteiger partial charge in [0.2, 0.25) is 0 Å². The molecule has 0 bridgehead atoms. The summed E-state index contributed by atoms with van der Waals surface area (Å²) < 4.78 is 15.2. The lowest BCUT2D eigenvalue weighted by atomic mass is 10.1. The summed E-state index contributed by atoms with van der Waals surface area (Å²) in [4.78, 5) is 11.2. The number of hydrogen-bond acceptors (Lipinski definition) is 3. The number of rotatable bonds is 2. The zero-order valence-electron chi connectivity index (χ0n) is 7.40. The zero-order valence-corrected chi connectivity index (χ0v) is 8.30. The summed E-state index contributed by atoms with van der Waals surface area (Å²) in [7, 11) is 1.24. The van der Waals surface area contributed by atoms with Crippen LogP contribution in [0, 0.1) is 6.92 Å². The summed E-state index contributed by atoms with van der Waals surface area (Å²) >= 11 is 0. The molecule has 13 heavy (non-hydrogen) atoms. The quantitative estimate of drug-likeness (QED) is 0.534. The molecular weight excluding hydrogens is 187 g/mol. The van der Waals surface area contributed by atoms with Crippen LogP contribution in [0.3, 0.4) is 0 Å². The fourth-order valence-electron chi connectivity index (χ4n) is 1.05. The standard InChI is InChI=1S/C9H9O3P/c1-6-7(9(10)12-2)4-3-5-8(6)13-11/h3-5H,1-2H3. The summed E-state index contributed by atoms with van der Waals surface area (Å²) in [5.41, 5.74) is 1.16. The molecule has 0 radical (unpaired) electrons. The van der Waals surface area contributed by atoms with E-state index in [0.29, 0.717) is 16.4 Å². The van der Waals surface area contributed by atoms with Gasteiger partial charge in [-0.2, -0.15) is 0 Å². The molecule has 0 aliphatic rings. The molecule has 0 atom stereocenters. The van der Waals surface area contributed by atoms with Crippen molar-refractivity contribution in [2.24, 2.45) is 0 Å². The fourth-order valence-corrected chi connectivity index (χ4v) is 1.46. The highest BCUT2D eigenvalue weighted by Gasteiger charge is 2.11. The van der Waals surface area contributed by atoms with Gasteiger partial charge in [0, 0.05) is 5.30 Å². The third-order valence-corrected chi connectivity index (χ3v) is 2.49. The van der Waals surface area contributed by atoms with Gasteiger partial charge in [0.25, 0.3) is 0 Å². The summed E-state index contributed by atoms with van der Waals surface area (Å²) in [6, 6.07) is 5.03. The topological polar surface area (TPSA) is 43.4 Å². The molecule has 1 aromatic carbocycles. The second-order valence-electron chi connectivity index (χ2n) is 2.53. The molecule has 0 aliphatic heterocycles. The van der Waals surface area contributed by atoms with Crippen LogP contribution in [0.25, 0.3) is 0 Å². The lowest BCUT2D eigenvalue weighted by Crippen LogP contribution is -2.09. The molecule has 0 saturated heterocycles. The predicted molar refractivity (Wildman–Crippen MR) is 49.8 cm³/mol. The van der Waals surface area contributed by atoms with Crippen LogP contribution in [0.5, 0.6) is 0 Å². The van der Waals surface area contributed by atoms with Crippen LogP contribution in [0.1, 0.15) is 15.9 Å². The van der Waals surface area contributed by atoms with Gasteiger partial charge in [-0.25, -0.2) is 4.79 Å². The van der Waals surface area contributed by atoms with Gasteiger partial charge in [0.05, 0.1) is 12.7 Å². The molecule has 0 saturated carbocycles. The lowest BCUT2D eigenvalue weighted by Gasteiger charge is -2.03. The molecule has 0 aliphatic carbocycles. The maximum Gasteiger partial charge on any atom is 0.338 e. The Morgan fingerprint density at radius 1 is 1.46 bits per heavy atom. The van der Waals surface area contributed by atoms with E-state index >= 15 is 0 Å². The summed E-state index contributed by atoms with van der Waals surface area (Å²) in [5, 5.41) is 0.614. The number of methoxy groups -OCH3 is 1. The van der Waals surface area contributed by atoms with Crippen LogP contribution >= 0.6 is 8.46 Å². The molecular formula is C9H9O3P. The Morgan fingerprint density at radius 2 is 2.15 bits per heavy atom. The van der Waals surface area contributed by atoms with Crippen molar-refractivity contribution >= 4 is 19.7 Å². The van der Waals surface area contributed by atoms with Gasteiger partial charge >= 0.3 is 5.97 Å². The first-order valence-corrected chi connectivity index (χ1v) is 4.53. The number of benzene rings is 1. The molecule has 0 amide bonds. The highest BCUT2D eigenvalue weighted by atomic mass is 31.1. The Hall–Kier alpha value is -1.21. The van der Waals surface area contributed by atoms with E-state index in [1.54, 1.807) is 25.1 Å². The fraction of sp³-hybridized carbons (Fsp3) is 0.222. The van der Waals surface area contributed by atoms with Crippen LogP contribution in [0.4, 0.5) is 0 Å². The Bertz CT molecular complexity index is 347. The van der Waals surface area contributed by atoms with Crippen molar-refractivity contribution in [2.75, 3.05) is 7.11 Å². The molecule has 0 spiro atoms. The summed E-state index contributed by atoms with van der Waals surface area (Å²) in [6.45, 7) is 1.74. The second-order valence-corrected chi connectivity index (χ2v) is 3.20. The minimum absolute atomic E-state index is 0.0793. The van der Waals surface area contributed by atoms with E-state index in [0.717, 1.165) is 0 Å². The lowest BCUT2D eigenvalue weighted by molar-refractivity contribution is 0.0600.